The van der Waals surface area contributed by atoms with Crippen molar-refractivity contribution in [2.75, 3.05) is 0 Å². The lowest BCUT2D eigenvalue weighted by atomic mass is 9.91. The largest absolute Gasteiger partial charge is 0.504 e. The van der Waals surface area contributed by atoms with Crippen molar-refractivity contribution < 1.29 is 70.6 Å². The lowest BCUT2D eigenvalue weighted by molar-refractivity contribution is -0.146. The number of benzene rings is 2. The lowest BCUT2D eigenvalue weighted by Crippen LogP contribution is -2.53. The SMILES string of the molecule is O=C(C(=O)C(O)C(O)C(O)C(O)C(O)C(=O)c1cc(O)c(O)c(O)c1)c1cc(O)c(O)c(O)c1. The van der Waals surface area contributed by atoms with Gasteiger partial charge in [-0.05, 0) is 24.3 Å². The van der Waals surface area contributed by atoms with E-state index in [9.17, 15) is 70.6 Å². The van der Waals surface area contributed by atoms with Gasteiger partial charge in [0.15, 0.2) is 40.3 Å². The number of aliphatic hydroxyl groups is 5. The summed E-state index contributed by atoms with van der Waals surface area (Å²) >= 11 is 0. The van der Waals surface area contributed by atoms with E-state index in [1.165, 1.54) is 0 Å². The van der Waals surface area contributed by atoms with Crippen molar-refractivity contribution in [2.24, 2.45) is 0 Å². The Balaban J connectivity index is 2.17. The van der Waals surface area contributed by atoms with Crippen LogP contribution in [-0.4, -0.2) is 104 Å². The first kappa shape index (κ1) is 26.3. The molecule has 0 aromatic heterocycles. The molecule has 2 aromatic carbocycles. The molecule has 14 heteroatoms. The Labute approximate surface area is 189 Å². The molecule has 0 radical (unpaired) electrons. The minimum Gasteiger partial charge on any atom is -0.504 e. The minimum atomic E-state index is -2.72. The molecule has 5 unspecified atom stereocenters. The van der Waals surface area contributed by atoms with E-state index in [4.69, 9.17) is 0 Å². The van der Waals surface area contributed by atoms with E-state index in [2.05, 4.69) is 0 Å². The fraction of sp³-hybridized carbons (Fsp3) is 0.250. The molecule has 184 valence electrons. The maximum absolute atomic E-state index is 12.3. The quantitative estimate of drug-likeness (QED) is 0.0986. The van der Waals surface area contributed by atoms with Gasteiger partial charge in [-0.2, -0.15) is 0 Å². The summed E-state index contributed by atoms with van der Waals surface area (Å²) in [6.07, 6.45) is -13.1. The summed E-state index contributed by atoms with van der Waals surface area (Å²) in [5.74, 6) is -10.7. The summed E-state index contributed by atoms with van der Waals surface area (Å²) in [6.45, 7) is 0. The molecule has 0 heterocycles. The van der Waals surface area contributed by atoms with Crippen molar-refractivity contribution in [1.82, 2.24) is 0 Å². The highest BCUT2D eigenvalue weighted by molar-refractivity contribution is 6.45. The van der Waals surface area contributed by atoms with Crippen LogP contribution in [0.1, 0.15) is 20.7 Å². The summed E-state index contributed by atoms with van der Waals surface area (Å²) in [7, 11) is 0. The molecule has 11 N–H and O–H groups in total. The van der Waals surface area contributed by atoms with Crippen LogP contribution in [0.3, 0.4) is 0 Å². The third-order valence-electron chi connectivity index (χ3n) is 4.79. The van der Waals surface area contributed by atoms with Crippen molar-refractivity contribution in [1.29, 1.82) is 0 Å². The van der Waals surface area contributed by atoms with Crippen LogP contribution in [0.5, 0.6) is 34.5 Å². The van der Waals surface area contributed by atoms with Crippen LogP contribution >= 0.6 is 0 Å². The van der Waals surface area contributed by atoms with Crippen LogP contribution in [0.4, 0.5) is 0 Å². The molecule has 0 spiro atoms. The number of Topliss-reactive ketones (excluding diaryl/α,β-unsaturated/α-hetero) is 3. The van der Waals surface area contributed by atoms with Gasteiger partial charge in [-0.25, -0.2) is 0 Å². The topological polar surface area (TPSA) is 274 Å². The standard InChI is InChI=1S/C20H20O14/c21-7-1-5(2-8(22)13(7)27)11(25)15(29)17(31)19(33)20(34)18(32)16(30)12(26)6-3-9(23)14(28)10(24)4-6/h1-4,15,17-24,27-29,31-34H. The molecule has 34 heavy (non-hydrogen) atoms. The number of hydrogen-bond acceptors (Lipinski definition) is 14. The highest BCUT2D eigenvalue weighted by Crippen LogP contribution is 2.36. The molecule has 2 aromatic rings. The molecule has 0 aliphatic heterocycles. The average Bonchev–Trinajstić information content (AvgIpc) is 2.81. The number of carbonyl (C=O) groups excluding carboxylic acids is 3. The molecule has 0 amide bonds. The van der Waals surface area contributed by atoms with Gasteiger partial charge in [-0.15, -0.1) is 0 Å². The molecular weight excluding hydrogens is 464 g/mol. The van der Waals surface area contributed by atoms with Gasteiger partial charge in [0.25, 0.3) is 0 Å². The first-order chi connectivity index (χ1) is 15.7. The number of phenolic OH excluding ortho intramolecular Hbond substituents is 6. The van der Waals surface area contributed by atoms with Gasteiger partial charge in [-0.3, -0.25) is 14.4 Å². The normalized spacial score (nSPS) is 15.7. The smallest absolute Gasteiger partial charge is 0.234 e. The van der Waals surface area contributed by atoms with Crippen LogP contribution < -0.4 is 0 Å². The minimum absolute atomic E-state index is 0.560. The second-order valence-electron chi connectivity index (χ2n) is 7.15. The average molecular weight is 484 g/mol. The predicted octanol–water partition coefficient (Wildman–Crippen LogP) is -2.64. The molecule has 0 bridgehead atoms. The molecule has 5 atom stereocenters. The zero-order chi connectivity index (χ0) is 26.1. The number of ketones is 3. The van der Waals surface area contributed by atoms with Crippen LogP contribution in [-0.2, 0) is 4.79 Å². The molecular formula is C20H20O14. The molecule has 0 fully saturated rings. The summed E-state index contributed by atoms with van der Waals surface area (Å²) in [5.41, 5.74) is -1.36. The number of rotatable bonds is 9. The number of hydrogen-bond donors (Lipinski definition) is 11. The Hall–Kier alpha value is -3.95. The van der Waals surface area contributed by atoms with Crippen molar-refractivity contribution in [3.05, 3.63) is 35.4 Å². The molecule has 0 aliphatic carbocycles. The number of carbonyl (C=O) groups is 3. The van der Waals surface area contributed by atoms with Crippen molar-refractivity contribution in [2.45, 2.75) is 30.5 Å². The van der Waals surface area contributed by atoms with Crippen LogP contribution in [0, 0.1) is 0 Å². The Kier molecular flexibility index (Phi) is 7.66. The Bertz CT molecular complexity index is 1080. The summed E-state index contributed by atoms with van der Waals surface area (Å²) < 4.78 is 0. The van der Waals surface area contributed by atoms with Gasteiger partial charge in [-0.1, -0.05) is 0 Å². The predicted molar refractivity (Wildman–Crippen MR) is 107 cm³/mol. The van der Waals surface area contributed by atoms with Crippen LogP contribution in [0.2, 0.25) is 0 Å². The maximum Gasteiger partial charge on any atom is 0.234 e. The fourth-order valence-electron chi connectivity index (χ4n) is 2.81. The van der Waals surface area contributed by atoms with Crippen molar-refractivity contribution >= 4 is 17.3 Å². The zero-order valence-electron chi connectivity index (χ0n) is 16.8. The van der Waals surface area contributed by atoms with Gasteiger partial charge < -0.3 is 56.2 Å². The third-order valence-corrected chi connectivity index (χ3v) is 4.79. The van der Waals surface area contributed by atoms with Gasteiger partial charge in [0.1, 0.15) is 30.5 Å². The Morgan fingerprint density at radius 1 is 0.529 bits per heavy atom. The molecule has 0 aliphatic rings. The zero-order valence-corrected chi connectivity index (χ0v) is 16.8. The second-order valence-corrected chi connectivity index (χ2v) is 7.15. The van der Waals surface area contributed by atoms with Crippen molar-refractivity contribution in [3.8, 4) is 34.5 Å². The van der Waals surface area contributed by atoms with Crippen LogP contribution in [0.25, 0.3) is 0 Å². The highest BCUT2D eigenvalue weighted by Gasteiger charge is 2.41. The van der Waals surface area contributed by atoms with E-state index in [1.54, 1.807) is 0 Å². The van der Waals surface area contributed by atoms with Gasteiger partial charge in [0, 0.05) is 11.1 Å². The highest BCUT2D eigenvalue weighted by atomic mass is 16.4. The van der Waals surface area contributed by atoms with E-state index in [0.29, 0.717) is 24.3 Å². The summed E-state index contributed by atoms with van der Waals surface area (Å²) in [4.78, 5) is 36.6. The van der Waals surface area contributed by atoms with E-state index in [1.807, 2.05) is 0 Å². The molecule has 14 nitrogen and oxygen atoms in total. The number of phenols is 6. The van der Waals surface area contributed by atoms with E-state index < -0.39 is 93.5 Å². The molecule has 0 saturated carbocycles. The third kappa shape index (κ3) is 5.00. The van der Waals surface area contributed by atoms with E-state index in [-0.39, 0.29) is 0 Å². The maximum atomic E-state index is 12.3. The van der Waals surface area contributed by atoms with Gasteiger partial charge >= 0.3 is 0 Å². The van der Waals surface area contributed by atoms with Gasteiger partial charge in [0.2, 0.25) is 11.6 Å². The molecule has 0 saturated heterocycles. The summed E-state index contributed by atoms with van der Waals surface area (Å²) in [6, 6.07) is 2.33. The molecule has 2 rings (SSSR count). The summed E-state index contributed by atoms with van der Waals surface area (Å²) in [5, 5.41) is 106. The van der Waals surface area contributed by atoms with E-state index >= 15 is 0 Å². The monoisotopic (exact) mass is 484 g/mol. The first-order valence-corrected chi connectivity index (χ1v) is 9.22. The van der Waals surface area contributed by atoms with Crippen LogP contribution in [0.15, 0.2) is 24.3 Å². The Morgan fingerprint density at radius 3 is 1.29 bits per heavy atom. The number of aliphatic hydroxyl groups excluding tert-OH is 5. The Morgan fingerprint density at radius 2 is 0.882 bits per heavy atom. The van der Waals surface area contributed by atoms with Gasteiger partial charge in [0.05, 0.1) is 0 Å². The second kappa shape index (κ2) is 9.90. The first-order valence-electron chi connectivity index (χ1n) is 9.22. The van der Waals surface area contributed by atoms with E-state index in [0.717, 1.165) is 0 Å². The lowest BCUT2D eigenvalue weighted by Gasteiger charge is -2.28. The number of aromatic hydroxyl groups is 6. The van der Waals surface area contributed by atoms with Crippen molar-refractivity contribution in [3.63, 3.8) is 0 Å². The fourth-order valence-corrected chi connectivity index (χ4v) is 2.81.